The Morgan fingerprint density at radius 2 is 1.71 bits per heavy atom. The molecule has 28 heavy (non-hydrogen) atoms. The minimum absolute atomic E-state index is 0.205. The van der Waals surface area contributed by atoms with E-state index in [4.69, 9.17) is 23.2 Å². The summed E-state index contributed by atoms with van der Waals surface area (Å²) in [4.78, 5) is 12.7. The molecule has 0 aliphatic carbocycles. The quantitative estimate of drug-likeness (QED) is 0.645. The minimum Gasteiger partial charge on any atom is -0.348 e. The summed E-state index contributed by atoms with van der Waals surface area (Å²) < 4.78 is 25.5. The van der Waals surface area contributed by atoms with Crippen LogP contribution in [0.1, 0.15) is 31.9 Å². The highest BCUT2D eigenvalue weighted by molar-refractivity contribution is 7.92. The first-order valence-corrected chi connectivity index (χ1v) is 11.5. The summed E-state index contributed by atoms with van der Waals surface area (Å²) in [6, 6.07) is 13.9. The number of sulfonamides is 1. The van der Waals surface area contributed by atoms with E-state index in [9.17, 15) is 13.2 Å². The molecule has 0 aromatic heterocycles. The summed E-state index contributed by atoms with van der Waals surface area (Å²) in [5, 5.41) is 3.49. The van der Waals surface area contributed by atoms with Gasteiger partial charge in [0.15, 0.2) is 0 Å². The molecule has 0 saturated heterocycles. The highest BCUT2D eigenvalue weighted by atomic mass is 35.5. The van der Waals surface area contributed by atoms with Crippen molar-refractivity contribution in [1.82, 2.24) is 5.32 Å². The predicted molar refractivity (Wildman–Crippen MR) is 115 cm³/mol. The van der Waals surface area contributed by atoms with E-state index in [0.717, 1.165) is 22.5 Å². The topological polar surface area (TPSA) is 66.5 Å². The van der Waals surface area contributed by atoms with Crippen LogP contribution in [0.2, 0.25) is 10.0 Å². The Labute approximate surface area is 176 Å². The van der Waals surface area contributed by atoms with Crippen LogP contribution in [0.3, 0.4) is 0 Å². The van der Waals surface area contributed by atoms with Crippen LogP contribution in [-0.4, -0.2) is 27.1 Å². The first-order valence-electron chi connectivity index (χ1n) is 8.85. The molecule has 0 heterocycles. The van der Waals surface area contributed by atoms with Crippen molar-refractivity contribution in [3.05, 3.63) is 64.1 Å². The molecule has 1 amide bonds. The SMILES string of the molecule is CC(C)C[C@@H](NC(=O)CN(c1ccc(Cl)c(Cl)c1)S(C)(=O)=O)c1ccccc1. The summed E-state index contributed by atoms with van der Waals surface area (Å²) >= 11 is 11.9. The summed E-state index contributed by atoms with van der Waals surface area (Å²) in [5.41, 5.74) is 1.26. The second-order valence-corrected chi connectivity index (χ2v) is 9.75. The van der Waals surface area contributed by atoms with E-state index in [-0.39, 0.29) is 23.3 Å². The predicted octanol–water partition coefficient (Wildman–Crippen LogP) is 4.66. The van der Waals surface area contributed by atoms with Crippen LogP contribution in [-0.2, 0) is 14.8 Å². The fraction of sp³-hybridized carbons (Fsp3) is 0.350. The lowest BCUT2D eigenvalue weighted by molar-refractivity contribution is -0.120. The standard InChI is InChI=1S/C20H24Cl2N2O3S/c1-14(2)11-19(15-7-5-4-6-8-15)23-20(25)13-24(28(3,26)27)16-9-10-17(21)18(22)12-16/h4-10,12,14,19H,11,13H2,1-3H3,(H,23,25)/t19-/m1/s1. The number of nitrogens with zero attached hydrogens (tertiary/aromatic N) is 1. The van der Waals surface area contributed by atoms with E-state index in [1.54, 1.807) is 0 Å². The molecular formula is C20H24Cl2N2O3S. The second-order valence-electron chi connectivity index (χ2n) is 7.03. The lowest BCUT2D eigenvalue weighted by Crippen LogP contribution is -2.41. The first kappa shape index (κ1) is 22.5. The molecule has 2 aromatic rings. The molecule has 0 bridgehead atoms. The maximum absolute atomic E-state index is 12.7. The highest BCUT2D eigenvalue weighted by Crippen LogP contribution is 2.28. The smallest absolute Gasteiger partial charge is 0.241 e. The van der Waals surface area contributed by atoms with Crippen LogP contribution in [0.5, 0.6) is 0 Å². The van der Waals surface area contributed by atoms with Gasteiger partial charge >= 0.3 is 0 Å². The molecule has 5 nitrogen and oxygen atoms in total. The van der Waals surface area contributed by atoms with Gasteiger partial charge in [-0.1, -0.05) is 67.4 Å². The van der Waals surface area contributed by atoms with E-state index in [0.29, 0.717) is 10.9 Å². The number of rotatable bonds is 8. The number of anilines is 1. The Bertz CT molecular complexity index is 918. The van der Waals surface area contributed by atoms with Gasteiger partial charge in [0.05, 0.1) is 28.0 Å². The van der Waals surface area contributed by atoms with Crippen molar-refractivity contribution < 1.29 is 13.2 Å². The number of benzene rings is 2. The molecule has 0 unspecified atom stereocenters. The summed E-state index contributed by atoms with van der Waals surface area (Å²) in [6.45, 7) is 3.79. The van der Waals surface area contributed by atoms with E-state index in [2.05, 4.69) is 19.2 Å². The first-order chi connectivity index (χ1) is 13.1. The van der Waals surface area contributed by atoms with Gasteiger partial charge in [-0.15, -0.1) is 0 Å². The van der Waals surface area contributed by atoms with Crippen molar-refractivity contribution in [1.29, 1.82) is 0 Å². The zero-order valence-corrected chi connectivity index (χ0v) is 18.4. The number of carbonyl (C=O) groups excluding carboxylic acids is 1. The lowest BCUT2D eigenvalue weighted by atomic mass is 9.97. The number of hydrogen-bond donors (Lipinski definition) is 1. The van der Waals surface area contributed by atoms with E-state index < -0.39 is 15.9 Å². The largest absolute Gasteiger partial charge is 0.348 e. The molecule has 152 valence electrons. The zero-order valence-electron chi connectivity index (χ0n) is 16.0. The normalized spacial score (nSPS) is 12.6. The maximum atomic E-state index is 12.7. The Morgan fingerprint density at radius 3 is 2.25 bits per heavy atom. The van der Waals surface area contributed by atoms with Crippen LogP contribution < -0.4 is 9.62 Å². The molecule has 1 atom stereocenters. The van der Waals surface area contributed by atoms with E-state index in [1.165, 1.54) is 18.2 Å². The number of amides is 1. The molecule has 0 saturated carbocycles. The van der Waals surface area contributed by atoms with Crippen LogP contribution in [0.15, 0.2) is 48.5 Å². The van der Waals surface area contributed by atoms with Gasteiger partial charge in [-0.05, 0) is 36.1 Å². The highest BCUT2D eigenvalue weighted by Gasteiger charge is 2.24. The van der Waals surface area contributed by atoms with Gasteiger partial charge in [0.2, 0.25) is 15.9 Å². The van der Waals surface area contributed by atoms with Gasteiger partial charge in [0.1, 0.15) is 6.54 Å². The molecule has 2 rings (SSSR count). The zero-order chi connectivity index (χ0) is 20.9. The monoisotopic (exact) mass is 442 g/mol. The molecule has 0 aliphatic heterocycles. The molecule has 0 spiro atoms. The van der Waals surface area contributed by atoms with Crippen molar-refractivity contribution in [3.8, 4) is 0 Å². The molecule has 0 fully saturated rings. The van der Waals surface area contributed by atoms with Crippen LogP contribution in [0.25, 0.3) is 0 Å². The average Bonchev–Trinajstić information content (AvgIpc) is 2.61. The van der Waals surface area contributed by atoms with Gasteiger partial charge in [0.25, 0.3) is 0 Å². The van der Waals surface area contributed by atoms with Crippen molar-refractivity contribution >= 4 is 44.8 Å². The van der Waals surface area contributed by atoms with Gasteiger partial charge in [-0.2, -0.15) is 0 Å². The van der Waals surface area contributed by atoms with Gasteiger partial charge in [0, 0.05) is 0 Å². The number of nitrogens with one attached hydrogen (secondary N) is 1. The van der Waals surface area contributed by atoms with Crippen LogP contribution in [0, 0.1) is 5.92 Å². The van der Waals surface area contributed by atoms with Crippen molar-refractivity contribution in [3.63, 3.8) is 0 Å². The third-order valence-electron chi connectivity index (χ3n) is 4.12. The van der Waals surface area contributed by atoms with E-state index >= 15 is 0 Å². The molecule has 8 heteroatoms. The number of carbonyl (C=O) groups is 1. The molecule has 2 aromatic carbocycles. The summed E-state index contributed by atoms with van der Waals surface area (Å²) in [5.74, 6) is -0.0439. The van der Waals surface area contributed by atoms with Gasteiger partial charge in [-0.3, -0.25) is 9.10 Å². The lowest BCUT2D eigenvalue weighted by Gasteiger charge is -2.25. The van der Waals surface area contributed by atoms with Gasteiger partial charge in [-0.25, -0.2) is 8.42 Å². The van der Waals surface area contributed by atoms with Crippen LogP contribution in [0.4, 0.5) is 5.69 Å². The third kappa shape index (κ3) is 6.40. The minimum atomic E-state index is -3.70. The average molecular weight is 443 g/mol. The second kappa shape index (κ2) is 9.63. The fourth-order valence-corrected chi connectivity index (χ4v) is 3.99. The van der Waals surface area contributed by atoms with Crippen LogP contribution >= 0.6 is 23.2 Å². The molecule has 1 N–H and O–H groups in total. The number of hydrogen-bond acceptors (Lipinski definition) is 3. The third-order valence-corrected chi connectivity index (χ3v) is 6.00. The Hall–Kier alpha value is -1.76. The summed E-state index contributed by atoms with van der Waals surface area (Å²) in [7, 11) is -3.70. The number of halogens is 2. The van der Waals surface area contributed by atoms with Gasteiger partial charge < -0.3 is 5.32 Å². The maximum Gasteiger partial charge on any atom is 0.241 e. The van der Waals surface area contributed by atoms with E-state index in [1.807, 2.05) is 30.3 Å². The fourth-order valence-electron chi connectivity index (χ4n) is 2.85. The van der Waals surface area contributed by atoms with Crippen molar-refractivity contribution in [2.45, 2.75) is 26.3 Å². The van der Waals surface area contributed by atoms with Crippen molar-refractivity contribution in [2.75, 3.05) is 17.1 Å². The van der Waals surface area contributed by atoms with Crippen molar-refractivity contribution in [2.24, 2.45) is 5.92 Å². The molecular weight excluding hydrogens is 419 g/mol. The summed E-state index contributed by atoms with van der Waals surface area (Å²) in [6.07, 6.45) is 1.78. The Kier molecular flexibility index (Phi) is 7.75. The molecule has 0 radical (unpaired) electrons. The Morgan fingerprint density at radius 1 is 1.07 bits per heavy atom. The molecule has 0 aliphatic rings. The Balaban J connectivity index is 2.23.